The molecule has 1 N–H and O–H groups in total. The van der Waals surface area contributed by atoms with E-state index in [-0.39, 0.29) is 5.91 Å². The van der Waals surface area contributed by atoms with Crippen molar-refractivity contribution in [2.45, 2.75) is 47.1 Å². The van der Waals surface area contributed by atoms with Crippen LogP contribution in [-0.4, -0.2) is 18.6 Å². The molecule has 0 saturated heterocycles. The van der Waals surface area contributed by atoms with Gasteiger partial charge in [0.25, 0.3) is 5.91 Å². The molecule has 1 aromatic carbocycles. The highest BCUT2D eigenvalue weighted by Gasteiger charge is 2.15. The standard InChI is InChI=1S/C16H24ClNO2/c1-10(2)6-7-18-16(19)13(5)20-14-8-11(3)15(17)12(4)9-14/h8-10,13H,6-7H2,1-5H3,(H,18,19)/t13-/m0/s1. The fraction of sp³-hybridized carbons (Fsp3) is 0.562. The van der Waals surface area contributed by atoms with E-state index in [1.807, 2.05) is 26.0 Å². The van der Waals surface area contributed by atoms with Gasteiger partial charge < -0.3 is 10.1 Å². The molecule has 0 bridgehead atoms. The first-order chi connectivity index (χ1) is 9.31. The van der Waals surface area contributed by atoms with Gasteiger partial charge in [0.2, 0.25) is 0 Å². The number of nitrogens with one attached hydrogen (secondary N) is 1. The van der Waals surface area contributed by atoms with E-state index in [2.05, 4.69) is 19.2 Å². The number of aryl methyl sites for hydroxylation is 2. The molecule has 1 aromatic rings. The minimum Gasteiger partial charge on any atom is -0.481 e. The van der Waals surface area contributed by atoms with Crippen molar-refractivity contribution >= 4 is 17.5 Å². The zero-order chi connectivity index (χ0) is 15.3. The largest absolute Gasteiger partial charge is 0.481 e. The molecule has 1 rings (SSSR count). The smallest absolute Gasteiger partial charge is 0.260 e. The maximum Gasteiger partial charge on any atom is 0.260 e. The van der Waals surface area contributed by atoms with Crippen LogP contribution in [-0.2, 0) is 4.79 Å². The molecule has 0 aliphatic carbocycles. The first-order valence-corrected chi connectivity index (χ1v) is 7.40. The summed E-state index contributed by atoms with van der Waals surface area (Å²) in [6, 6.07) is 3.71. The molecule has 0 radical (unpaired) electrons. The van der Waals surface area contributed by atoms with E-state index in [1.165, 1.54) is 0 Å². The third kappa shape index (κ3) is 5.04. The van der Waals surface area contributed by atoms with Gasteiger partial charge in [-0.05, 0) is 56.4 Å². The van der Waals surface area contributed by atoms with Crippen molar-refractivity contribution in [3.05, 3.63) is 28.3 Å². The lowest BCUT2D eigenvalue weighted by Gasteiger charge is -2.16. The number of rotatable bonds is 6. The first-order valence-electron chi connectivity index (χ1n) is 7.02. The number of halogens is 1. The zero-order valence-corrected chi connectivity index (χ0v) is 13.7. The summed E-state index contributed by atoms with van der Waals surface area (Å²) in [5, 5.41) is 3.63. The van der Waals surface area contributed by atoms with Gasteiger partial charge in [0.15, 0.2) is 6.10 Å². The van der Waals surface area contributed by atoms with Gasteiger partial charge in [0.1, 0.15) is 5.75 Å². The summed E-state index contributed by atoms with van der Waals surface area (Å²) in [5.41, 5.74) is 1.91. The molecule has 1 atom stereocenters. The van der Waals surface area contributed by atoms with Crippen LogP contribution in [0.25, 0.3) is 0 Å². The molecule has 4 heteroatoms. The lowest BCUT2D eigenvalue weighted by atomic mass is 10.1. The number of carbonyl (C=O) groups is 1. The SMILES string of the molecule is Cc1cc(O[C@@H](C)C(=O)NCCC(C)C)cc(C)c1Cl. The van der Waals surface area contributed by atoms with Crippen molar-refractivity contribution in [3.8, 4) is 5.75 Å². The van der Waals surface area contributed by atoms with Crippen LogP contribution in [0.2, 0.25) is 5.02 Å². The molecular formula is C16H24ClNO2. The van der Waals surface area contributed by atoms with Crippen LogP contribution in [0.3, 0.4) is 0 Å². The first kappa shape index (κ1) is 16.8. The highest BCUT2D eigenvalue weighted by Crippen LogP contribution is 2.26. The normalized spacial score (nSPS) is 12.3. The van der Waals surface area contributed by atoms with Crippen molar-refractivity contribution in [1.82, 2.24) is 5.32 Å². The molecule has 0 unspecified atom stereocenters. The molecule has 0 aliphatic rings. The van der Waals surface area contributed by atoms with Crippen molar-refractivity contribution in [3.63, 3.8) is 0 Å². The van der Waals surface area contributed by atoms with Gasteiger partial charge >= 0.3 is 0 Å². The molecule has 112 valence electrons. The van der Waals surface area contributed by atoms with Gasteiger partial charge in [-0.25, -0.2) is 0 Å². The van der Waals surface area contributed by atoms with Gasteiger partial charge in [0, 0.05) is 11.6 Å². The molecular weight excluding hydrogens is 274 g/mol. The fourth-order valence-electron chi connectivity index (χ4n) is 1.86. The summed E-state index contributed by atoms with van der Waals surface area (Å²) in [4.78, 5) is 11.9. The maximum absolute atomic E-state index is 11.9. The minimum absolute atomic E-state index is 0.0871. The molecule has 0 saturated carbocycles. The lowest BCUT2D eigenvalue weighted by Crippen LogP contribution is -2.37. The highest BCUT2D eigenvalue weighted by atomic mass is 35.5. The Hall–Kier alpha value is -1.22. The topological polar surface area (TPSA) is 38.3 Å². The van der Waals surface area contributed by atoms with E-state index in [4.69, 9.17) is 16.3 Å². The van der Waals surface area contributed by atoms with E-state index in [0.29, 0.717) is 18.2 Å². The molecule has 0 spiro atoms. The monoisotopic (exact) mass is 297 g/mol. The van der Waals surface area contributed by atoms with Crippen molar-refractivity contribution in [1.29, 1.82) is 0 Å². The summed E-state index contributed by atoms with van der Waals surface area (Å²) in [5.74, 6) is 1.17. The maximum atomic E-state index is 11.9. The highest BCUT2D eigenvalue weighted by molar-refractivity contribution is 6.32. The van der Waals surface area contributed by atoms with Gasteiger partial charge in [0.05, 0.1) is 0 Å². The third-order valence-electron chi connectivity index (χ3n) is 3.11. The average Bonchev–Trinajstić information content (AvgIpc) is 2.35. The fourth-order valence-corrected chi connectivity index (χ4v) is 1.97. The van der Waals surface area contributed by atoms with Gasteiger partial charge in [-0.15, -0.1) is 0 Å². The molecule has 0 aliphatic heterocycles. The Bertz CT molecular complexity index is 449. The van der Waals surface area contributed by atoms with Gasteiger partial charge in [-0.2, -0.15) is 0 Å². The van der Waals surface area contributed by atoms with Crippen LogP contribution in [0.1, 0.15) is 38.3 Å². The van der Waals surface area contributed by atoms with Gasteiger partial charge in [-0.1, -0.05) is 25.4 Å². The number of ether oxygens (including phenoxy) is 1. The summed E-state index contributed by atoms with van der Waals surface area (Å²) < 4.78 is 5.68. The Labute approximate surface area is 126 Å². The molecule has 20 heavy (non-hydrogen) atoms. The Kier molecular flexibility index (Phi) is 6.34. The molecule has 0 heterocycles. The van der Waals surface area contributed by atoms with Crippen molar-refractivity contribution in [2.75, 3.05) is 6.54 Å². The number of benzene rings is 1. The third-order valence-corrected chi connectivity index (χ3v) is 3.71. The number of hydrogen-bond acceptors (Lipinski definition) is 2. The van der Waals surface area contributed by atoms with Crippen LogP contribution in [0.4, 0.5) is 0 Å². The van der Waals surface area contributed by atoms with Crippen LogP contribution >= 0.6 is 11.6 Å². The molecule has 3 nitrogen and oxygen atoms in total. The summed E-state index contributed by atoms with van der Waals surface area (Å²) >= 11 is 6.11. The van der Waals surface area contributed by atoms with Crippen LogP contribution in [0.15, 0.2) is 12.1 Å². The number of amides is 1. The predicted molar refractivity (Wildman–Crippen MR) is 83.5 cm³/mol. The van der Waals surface area contributed by atoms with E-state index < -0.39 is 6.10 Å². The summed E-state index contributed by atoms with van der Waals surface area (Å²) in [6.45, 7) is 10.6. The van der Waals surface area contributed by atoms with Gasteiger partial charge in [-0.3, -0.25) is 4.79 Å². The molecule has 0 aromatic heterocycles. The van der Waals surface area contributed by atoms with E-state index >= 15 is 0 Å². The second kappa shape index (κ2) is 7.53. The number of hydrogen-bond donors (Lipinski definition) is 1. The predicted octanol–water partition coefficient (Wildman–Crippen LogP) is 3.89. The van der Waals surface area contributed by atoms with E-state index in [9.17, 15) is 4.79 Å². The Balaban J connectivity index is 2.57. The van der Waals surface area contributed by atoms with E-state index in [1.54, 1.807) is 6.92 Å². The summed E-state index contributed by atoms with van der Waals surface area (Å²) in [7, 11) is 0. The Morgan fingerprint density at radius 3 is 2.30 bits per heavy atom. The quantitative estimate of drug-likeness (QED) is 0.865. The van der Waals surface area contributed by atoms with E-state index in [0.717, 1.165) is 22.6 Å². The molecule has 0 fully saturated rings. The number of carbonyl (C=O) groups excluding carboxylic acids is 1. The second-order valence-corrected chi connectivity index (χ2v) is 5.98. The van der Waals surface area contributed by atoms with Crippen LogP contribution < -0.4 is 10.1 Å². The summed E-state index contributed by atoms with van der Waals surface area (Å²) in [6.07, 6.45) is 0.458. The zero-order valence-electron chi connectivity index (χ0n) is 12.9. The Morgan fingerprint density at radius 2 is 1.80 bits per heavy atom. The average molecular weight is 298 g/mol. The van der Waals surface area contributed by atoms with Crippen LogP contribution in [0.5, 0.6) is 5.75 Å². The minimum atomic E-state index is -0.512. The van der Waals surface area contributed by atoms with Crippen LogP contribution in [0, 0.1) is 19.8 Å². The molecule has 1 amide bonds. The Morgan fingerprint density at radius 1 is 1.25 bits per heavy atom. The van der Waals surface area contributed by atoms with Crippen molar-refractivity contribution < 1.29 is 9.53 Å². The van der Waals surface area contributed by atoms with Crippen molar-refractivity contribution in [2.24, 2.45) is 5.92 Å². The lowest BCUT2D eigenvalue weighted by molar-refractivity contribution is -0.127. The second-order valence-electron chi connectivity index (χ2n) is 5.60.